The smallest absolute Gasteiger partial charge is 0.274 e. The molecular formula is C19H26N4O. The van der Waals surface area contributed by atoms with Crippen molar-refractivity contribution in [3.8, 4) is 0 Å². The molecule has 5 nitrogen and oxygen atoms in total. The van der Waals surface area contributed by atoms with E-state index in [1.54, 1.807) is 6.07 Å². The van der Waals surface area contributed by atoms with E-state index in [0.717, 1.165) is 36.5 Å². The molecule has 24 heavy (non-hydrogen) atoms. The van der Waals surface area contributed by atoms with Crippen LogP contribution in [0.5, 0.6) is 0 Å². The van der Waals surface area contributed by atoms with Crippen LogP contribution in [-0.2, 0) is 0 Å². The maximum absolute atomic E-state index is 12.6. The number of carbonyl (C=O) groups excluding carboxylic acids is 1. The summed E-state index contributed by atoms with van der Waals surface area (Å²) in [5, 5.41) is 2.97. The second-order valence-electron chi connectivity index (χ2n) is 6.23. The molecule has 1 heterocycles. The Kier molecular flexibility index (Phi) is 6.29. The Hall–Kier alpha value is -2.43. The summed E-state index contributed by atoms with van der Waals surface area (Å²) in [6.07, 6.45) is 3.65. The Morgan fingerprint density at radius 3 is 2.71 bits per heavy atom. The standard InChI is InChI=1S/C19H26N4O/c1-5-6-11-23(4)18-12-17(20-13-21-18)19(24)22-16-10-8-7-9-15(16)14(2)3/h7-10,12-14H,5-6,11H2,1-4H3,(H,22,24). The lowest BCUT2D eigenvalue weighted by Crippen LogP contribution is -2.21. The Morgan fingerprint density at radius 1 is 1.25 bits per heavy atom. The quantitative estimate of drug-likeness (QED) is 0.832. The lowest BCUT2D eigenvalue weighted by atomic mass is 10.0. The number of unbranched alkanes of at least 4 members (excludes halogenated alkanes) is 1. The number of nitrogens with one attached hydrogen (secondary N) is 1. The largest absolute Gasteiger partial charge is 0.360 e. The first-order chi connectivity index (χ1) is 11.5. The first-order valence-corrected chi connectivity index (χ1v) is 8.46. The average Bonchev–Trinajstić information content (AvgIpc) is 2.60. The van der Waals surface area contributed by atoms with Crippen LogP contribution in [0.25, 0.3) is 0 Å². The topological polar surface area (TPSA) is 58.1 Å². The van der Waals surface area contributed by atoms with Gasteiger partial charge in [-0.25, -0.2) is 9.97 Å². The van der Waals surface area contributed by atoms with Crippen LogP contribution in [0.1, 0.15) is 55.6 Å². The van der Waals surface area contributed by atoms with Gasteiger partial charge in [0.15, 0.2) is 0 Å². The highest BCUT2D eigenvalue weighted by Gasteiger charge is 2.13. The Labute approximate surface area is 144 Å². The molecule has 1 aromatic carbocycles. The van der Waals surface area contributed by atoms with Crippen molar-refractivity contribution in [2.24, 2.45) is 0 Å². The molecule has 0 bridgehead atoms. The average molecular weight is 326 g/mol. The summed E-state index contributed by atoms with van der Waals surface area (Å²) in [5.74, 6) is 0.888. The second kappa shape index (κ2) is 8.43. The Morgan fingerprint density at radius 2 is 2.00 bits per heavy atom. The zero-order valence-electron chi connectivity index (χ0n) is 14.9. The van der Waals surface area contributed by atoms with Gasteiger partial charge in [0.2, 0.25) is 0 Å². The number of rotatable bonds is 7. The fraction of sp³-hybridized carbons (Fsp3) is 0.421. The van der Waals surface area contributed by atoms with Crippen LogP contribution >= 0.6 is 0 Å². The molecule has 0 spiro atoms. The van der Waals surface area contributed by atoms with Gasteiger partial charge in [0.1, 0.15) is 17.8 Å². The van der Waals surface area contributed by atoms with E-state index < -0.39 is 0 Å². The van der Waals surface area contributed by atoms with E-state index in [9.17, 15) is 4.79 Å². The number of aromatic nitrogens is 2. The van der Waals surface area contributed by atoms with E-state index in [4.69, 9.17) is 0 Å². The van der Waals surface area contributed by atoms with Gasteiger partial charge in [-0.3, -0.25) is 4.79 Å². The third-order valence-electron chi connectivity index (χ3n) is 3.95. The highest BCUT2D eigenvalue weighted by molar-refractivity contribution is 6.03. The van der Waals surface area contributed by atoms with Gasteiger partial charge in [0.05, 0.1) is 0 Å². The molecule has 128 valence electrons. The zero-order valence-corrected chi connectivity index (χ0v) is 14.9. The molecule has 0 aliphatic rings. The SMILES string of the molecule is CCCCN(C)c1cc(C(=O)Nc2ccccc2C(C)C)ncn1. The van der Waals surface area contributed by atoms with Gasteiger partial charge in [0.25, 0.3) is 5.91 Å². The molecule has 0 radical (unpaired) electrons. The normalized spacial score (nSPS) is 10.7. The summed E-state index contributed by atoms with van der Waals surface area (Å²) in [6.45, 7) is 7.27. The molecule has 0 aliphatic carbocycles. The number of benzene rings is 1. The van der Waals surface area contributed by atoms with E-state index in [-0.39, 0.29) is 5.91 Å². The molecule has 1 N–H and O–H groups in total. The van der Waals surface area contributed by atoms with Crippen molar-refractivity contribution in [3.05, 3.63) is 47.9 Å². The minimum absolute atomic E-state index is 0.212. The molecule has 2 aromatic rings. The Balaban J connectivity index is 2.16. The highest BCUT2D eigenvalue weighted by Crippen LogP contribution is 2.24. The third-order valence-corrected chi connectivity index (χ3v) is 3.95. The van der Waals surface area contributed by atoms with E-state index >= 15 is 0 Å². The van der Waals surface area contributed by atoms with Crippen molar-refractivity contribution in [1.29, 1.82) is 0 Å². The van der Waals surface area contributed by atoms with E-state index in [0.29, 0.717) is 11.6 Å². The number of hydrogen-bond acceptors (Lipinski definition) is 4. The number of para-hydroxylation sites is 1. The number of hydrogen-bond donors (Lipinski definition) is 1. The Bertz CT molecular complexity index is 685. The van der Waals surface area contributed by atoms with Gasteiger partial charge in [-0.05, 0) is 24.0 Å². The first kappa shape index (κ1) is 17.9. The fourth-order valence-corrected chi connectivity index (χ4v) is 2.49. The van der Waals surface area contributed by atoms with Crippen molar-refractivity contribution in [3.63, 3.8) is 0 Å². The fourth-order valence-electron chi connectivity index (χ4n) is 2.49. The molecule has 0 unspecified atom stereocenters. The van der Waals surface area contributed by atoms with Gasteiger partial charge in [0, 0.05) is 25.3 Å². The van der Waals surface area contributed by atoms with E-state index in [1.165, 1.54) is 6.33 Å². The number of nitrogens with zero attached hydrogens (tertiary/aromatic N) is 3. The highest BCUT2D eigenvalue weighted by atomic mass is 16.1. The molecule has 0 fully saturated rings. The molecule has 0 saturated carbocycles. The van der Waals surface area contributed by atoms with Crippen molar-refractivity contribution in [2.45, 2.75) is 39.5 Å². The van der Waals surface area contributed by atoms with Gasteiger partial charge in [-0.1, -0.05) is 45.4 Å². The third kappa shape index (κ3) is 4.54. The van der Waals surface area contributed by atoms with Crippen LogP contribution in [0.3, 0.4) is 0 Å². The summed E-state index contributed by atoms with van der Waals surface area (Å²) in [5.41, 5.74) is 2.32. The summed E-state index contributed by atoms with van der Waals surface area (Å²) >= 11 is 0. The van der Waals surface area contributed by atoms with Crippen LogP contribution in [0, 0.1) is 0 Å². The van der Waals surface area contributed by atoms with Crippen LogP contribution in [0.4, 0.5) is 11.5 Å². The van der Waals surface area contributed by atoms with Gasteiger partial charge < -0.3 is 10.2 Å². The number of anilines is 2. The molecule has 1 amide bonds. The van der Waals surface area contributed by atoms with Crippen molar-refractivity contribution < 1.29 is 4.79 Å². The van der Waals surface area contributed by atoms with Crippen molar-refractivity contribution in [2.75, 3.05) is 23.8 Å². The van der Waals surface area contributed by atoms with Crippen LogP contribution in [0.2, 0.25) is 0 Å². The summed E-state index contributed by atoms with van der Waals surface area (Å²) in [7, 11) is 1.98. The lowest BCUT2D eigenvalue weighted by Gasteiger charge is -2.18. The minimum Gasteiger partial charge on any atom is -0.360 e. The summed E-state index contributed by atoms with van der Waals surface area (Å²) in [6, 6.07) is 9.60. The zero-order chi connectivity index (χ0) is 17.5. The van der Waals surface area contributed by atoms with E-state index in [1.807, 2.05) is 36.2 Å². The van der Waals surface area contributed by atoms with Gasteiger partial charge in [-0.15, -0.1) is 0 Å². The number of carbonyl (C=O) groups is 1. The molecule has 1 aromatic heterocycles. The van der Waals surface area contributed by atoms with Crippen LogP contribution in [-0.4, -0.2) is 29.5 Å². The maximum atomic E-state index is 12.6. The molecule has 2 rings (SSSR count). The van der Waals surface area contributed by atoms with Crippen LogP contribution in [0.15, 0.2) is 36.7 Å². The lowest BCUT2D eigenvalue weighted by molar-refractivity contribution is 0.102. The molecule has 0 atom stereocenters. The van der Waals surface area contributed by atoms with Crippen molar-refractivity contribution in [1.82, 2.24) is 9.97 Å². The molecular weight excluding hydrogens is 300 g/mol. The maximum Gasteiger partial charge on any atom is 0.274 e. The second-order valence-corrected chi connectivity index (χ2v) is 6.23. The molecule has 5 heteroatoms. The van der Waals surface area contributed by atoms with Crippen molar-refractivity contribution >= 4 is 17.4 Å². The predicted octanol–water partition coefficient (Wildman–Crippen LogP) is 4.09. The van der Waals surface area contributed by atoms with E-state index in [2.05, 4.69) is 36.1 Å². The summed E-state index contributed by atoms with van der Waals surface area (Å²) in [4.78, 5) is 23.0. The molecule has 0 aliphatic heterocycles. The minimum atomic E-state index is -0.212. The van der Waals surface area contributed by atoms with Gasteiger partial charge >= 0.3 is 0 Å². The number of amides is 1. The monoisotopic (exact) mass is 326 g/mol. The summed E-state index contributed by atoms with van der Waals surface area (Å²) < 4.78 is 0. The van der Waals surface area contributed by atoms with Gasteiger partial charge in [-0.2, -0.15) is 0 Å². The first-order valence-electron chi connectivity index (χ1n) is 8.46. The predicted molar refractivity (Wildman–Crippen MR) is 98.7 cm³/mol. The van der Waals surface area contributed by atoms with Crippen LogP contribution < -0.4 is 10.2 Å². The molecule has 0 saturated heterocycles.